The summed E-state index contributed by atoms with van der Waals surface area (Å²) in [6.45, 7) is 6.41. The number of esters is 1. The Kier molecular flexibility index (Phi) is 41.2. The molecule has 0 spiro atoms. The Labute approximate surface area is 335 Å². The zero-order valence-electron chi connectivity index (χ0n) is 36.1. The first kappa shape index (κ1) is 52.3. The molecule has 6 heteroatoms. The Morgan fingerprint density at radius 2 is 0.907 bits per heavy atom. The highest BCUT2D eigenvalue weighted by molar-refractivity contribution is 5.77. The molecule has 6 nitrogen and oxygen atoms in total. The molecule has 0 radical (unpaired) electrons. The maximum Gasteiger partial charge on any atom is 0.306 e. The molecule has 54 heavy (non-hydrogen) atoms. The van der Waals surface area contributed by atoms with Crippen LogP contribution in [0.25, 0.3) is 0 Å². The number of ether oxygens (including phenoxy) is 1. The fourth-order valence-electron chi connectivity index (χ4n) is 7.11. The molecule has 0 bridgehead atoms. The quantitative estimate of drug-likeness (QED) is 0.0327. The van der Waals surface area contributed by atoms with Gasteiger partial charge in [0.25, 0.3) is 0 Å². The molecule has 0 fully saturated rings. The highest BCUT2D eigenvalue weighted by Gasteiger charge is 2.24. The molecule has 3 atom stereocenters. The van der Waals surface area contributed by atoms with Crippen molar-refractivity contribution in [3.8, 4) is 0 Å². The minimum absolute atomic E-state index is 0.0662. The van der Waals surface area contributed by atoms with Gasteiger partial charge in [-0.15, -0.1) is 0 Å². The summed E-state index contributed by atoms with van der Waals surface area (Å²) in [5, 5.41) is 23.7. The summed E-state index contributed by atoms with van der Waals surface area (Å²) in [4.78, 5) is 25.9. The Balaban J connectivity index is 4.50. The van der Waals surface area contributed by atoms with Gasteiger partial charge in [-0.05, 0) is 70.6 Å². The molecule has 0 aliphatic carbocycles. The number of rotatable bonds is 42. The van der Waals surface area contributed by atoms with Crippen molar-refractivity contribution in [2.24, 2.45) is 0 Å². The molecular weight excluding hydrogens is 671 g/mol. The topological polar surface area (TPSA) is 95.9 Å². The monoisotopic (exact) mass is 762 g/mol. The minimum Gasteiger partial charge on any atom is -0.462 e. The van der Waals surface area contributed by atoms with Crippen molar-refractivity contribution >= 4 is 11.9 Å². The molecule has 0 saturated carbocycles. The molecule has 0 aromatic heterocycles. The van der Waals surface area contributed by atoms with Crippen LogP contribution in [-0.2, 0) is 14.3 Å². The average Bonchev–Trinajstić information content (AvgIpc) is 3.16. The summed E-state index contributed by atoms with van der Waals surface area (Å²) >= 11 is 0. The molecule has 0 aliphatic heterocycles. The van der Waals surface area contributed by atoms with Gasteiger partial charge in [0, 0.05) is 6.42 Å². The number of allylic oxidation sites excluding steroid dienone is 4. The van der Waals surface area contributed by atoms with Crippen LogP contribution in [0.3, 0.4) is 0 Å². The van der Waals surface area contributed by atoms with Crippen LogP contribution < -0.4 is 5.32 Å². The predicted molar refractivity (Wildman–Crippen MR) is 232 cm³/mol. The number of carbonyl (C=O) groups is 2. The zero-order valence-corrected chi connectivity index (χ0v) is 36.1. The molecule has 318 valence electrons. The van der Waals surface area contributed by atoms with E-state index in [1.54, 1.807) is 0 Å². The van der Waals surface area contributed by atoms with Gasteiger partial charge in [0.2, 0.25) is 5.91 Å². The average molecular weight is 762 g/mol. The van der Waals surface area contributed by atoms with E-state index in [0.29, 0.717) is 19.3 Å². The van der Waals surface area contributed by atoms with Crippen molar-refractivity contribution in [3.05, 3.63) is 24.3 Å². The second kappa shape index (κ2) is 42.5. The highest BCUT2D eigenvalue weighted by Crippen LogP contribution is 2.17. The fourth-order valence-corrected chi connectivity index (χ4v) is 7.11. The van der Waals surface area contributed by atoms with Crippen LogP contribution in [0.4, 0.5) is 0 Å². The van der Waals surface area contributed by atoms with Crippen molar-refractivity contribution in [2.45, 2.75) is 264 Å². The number of unbranched alkanes of at least 4 members (excludes halogenated alkanes) is 26. The Morgan fingerprint density at radius 1 is 0.519 bits per heavy atom. The lowest BCUT2D eigenvalue weighted by molar-refractivity contribution is -0.151. The molecule has 0 saturated heterocycles. The zero-order chi connectivity index (χ0) is 39.6. The van der Waals surface area contributed by atoms with Gasteiger partial charge in [0.1, 0.15) is 6.10 Å². The summed E-state index contributed by atoms with van der Waals surface area (Å²) in [5.74, 6) is -0.497. The van der Waals surface area contributed by atoms with E-state index in [9.17, 15) is 19.8 Å². The summed E-state index contributed by atoms with van der Waals surface area (Å²) in [5.41, 5.74) is 0. The number of nitrogens with one attached hydrogen (secondary N) is 1. The van der Waals surface area contributed by atoms with Crippen LogP contribution in [0, 0.1) is 0 Å². The summed E-state index contributed by atoms with van der Waals surface area (Å²) in [6, 6.07) is -0.702. The SMILES string of the molecule is CCCC/C=C\CCCCCC(CC(=O)NC(CO)C(O)CCCCCCCCCCCCCCCC)OC(=O)CCCCCCC/C=C\CCCCC. The third-order valence-corrected chi connectivity index (χ3v) is 10.8. The summed E-state index contributed by atoms with van der Waals surface area (Å²) in [7, 11) is 0. The largest absolute Gasteiger partial charge is 0.462 e. The van der Waals surface area contributed by atoms with Gasteiger partial charge >= 0.3 is 5.97 Å². The lowest BCUT2D eigenvalue weighted by Gasteiger charge is -2.24. The van der Waals surface area contributed by atoms with Gasteiger partial charge < -0.3 is 20.3 Å². The van der Waals surface area contributed by atoms with Gasteiger partial charge in [0.15, 0.2) is 0 Å². The minimum atomic E-state index is -0.788. The van der Waals surface area contributed by atoms with Crippen LogP contribution >= 0.6 is 0 Å². The molecule has 0 heterocycles. The number of aliphatic hydroxyl groups excluding tert-OH is 2. The highest BCUT2D eigenvalue weighted by atomic mass is 16.5. The molecular formula is C48H91NO5. The Morgan fingerprint density at radius 3 is 1.43 bits per heavy atom. The number of amides is 1. The van der Waals surface area contributed by atoms with E-state index >= 15 is 0 Å². The van der Waals surface area contributed by atoms with Crippen molar-refractivity contribution in [1.82, 2.24) is 5.32 Å². The first-order chi connectivity index (χ1) is 26.5. The van der Waals surface area contributed by atoms with Crippen LogP contribution in [0.2, 0.25) is 0 Å². The van der Waals surface area contributed by atoms with Crippen LogP contribution in [-0.4, -0.2) is 46.9 Å². The van der Waals surface area contributed by atoms with E-state index in [0.717, 1.165) is 70.6 Å². The smallest absolute Gasteiger partial charge is 0.306 e. The van der Waals surface area contributed by atoms with Crippen LogP contribution in [0.5, 0.6) is 0 Å². The third kappa shape index (κ3) is 37.3. The molecule has 1 amide bonds. The molecule has 0 rings (SSSR count). The van der Waals surface area contributed by atoms with Crippen molar-refractivity contribution in [3.63, 3.8) is 0 Å². The fraction of sp³-hybridized carbons (Fsp3) is 0.875. The van der Waals surface area contributed by atoms with E-state index in [1.165, 1.54) is 128 Å². The van der Waals surface area contributed by atoms with E-state index < -0.39 is 18.2 Å². The number of aliphatic hydroxyl groups is 2. The van der Waals surface area contributed by atoms with E-state index in [-0.39, 0.29) is 24.9 Å². The normalized spacial score (nSPS) is 13.5. The Hall–Kier alpha value is -1.66. The van der Waals surface area contributed by atoms with Crippen LogP contribution in [0.1, 0.15) is 245 Å². The van der Waals surface area contributed by atoms with Crippen molar-refractivity contribution in [1.29, 1.82) is 0 Å². The van der Waals surface area contributed by atoms with Crippen molar-refractivity contribution < 1.29 is 24.5 Å². The second-order valence-corrected chi connectivity index (χ2v) is 16.2. The van der Waals surface area contributed by atoms with Gasteiger partial charge in [-0.25, -0.2) is 0 Å². The van der Waals surface area contributed by atoms with Gasteiger partial charge in [-0.3, -0.25) is 9.59 Å². The molecule has 3 N–H and O–H groups in total. The Bertz CT molecular complexity index is 858. The van der Waals surface area contributed by atoms with Gasteiger partial charge in [-0.2, -0.15) is 0 Å². The maximum atomic E-state index is 13.1. The lowest BCUT2D eigenvalue weighted by Crippen LogP contribution is -2.46. The van der Waals surface area contributed by atoms with Gasteiger partial charge in [-0.1, -0.05) is 186 Å². The molecule has 0 aromatic rings. The van der Waals surface area contributed by atoms with Gasteiger partial charge in [0.05, 0.1) is 25.2 Å². The van der Waals surface area contributed by atoms with E-state index in [4.69, 9.17) is 4.74 Å². The molecule has 3 unspecified atom stereocenters. The van der Waals surface area contributed by atoms with Crippen molar-refractivity contribution in [2.75, 3.05) is 6.61 Å². The summed E-state index contributed by atoms with van der Waals surface area (Å²) in [6.07, 6.45) is 46.7. The maximum absolute atomic E-state index is 13.1. The first-order valence-corrected chi connectivity index (χ1v) is 23.6. The standard InChI is InChI=1S/C48H91NO5/c1-4-7-10-13-16-19-21-23-24-25-28-31-34-37-40-46(51)45(43-50)49-47(52)42-44(39-36-33-30-27-18-15-12-9-6-3)54-48(53)41-38-35-32-29-26-22-20-17-14-11-8-5-2/h15,17-18,20,44-46,50-51H,4-14,16,19,21-43H2,1-3H3,(H,49,52)/b18-15-,20-17-. The number of carbonyl (C=O) groups excluding carboxylic acids is 2. The summed E-state index contributed by atoms with van der Waals surface area (Å²) < 4.78 is 5.88. The molecule has 0 aliphatic rings. The second-order valence-electron chi connectivity index (χ2n) is 16.2. The predicted octanol–water partition coefficient (Wildman–Crippen LogP) is 13.6. The first-order valence-electron chi connectivity index (χ1n) is 23.6. The van der Waals surface area contributed by atoms with Crippen LogP contribution in [0.15, 0.2) is 24.3 Å². The third-order valence-electron chi connectivity index (χ3n) is 10.8. The van der Waals surface area contributed by atoms with E-state index in [1.807, 2.05) is 0 Å². The molecule has 0 aromatic carbocycles. The van der Waals surface area contributed by atoms with E-state index in [2.05, 4.69) is 50.4 Å². The lowest BCUT2D eigenvalue weighted by atomic mass is 10.0. The number of hydrogen-bond acceptors (Lipinski definition) is 5. The number of hydrogen-bond donors (Lipinski definition) is 3.